The van der Waals surface area contributed by atoms with Crippen molar-refractivity contribution in [2.45, 2.75) is 58.3 Å². The molecule has 14 heavy (non-hydrogen) atoms. The van der Waals surface area contributed by atoms with Crippen LogP contribution >= 0.6 is 0 Å². The predicted molar refractivity (Wildman–Crippen MR) is 58.9 cm³/mol. The van der Waals surface area contributed by atoms with E-state index in [2.05, 4.69) is 11.8 Å². The van der Waals surface area contributed by atoms with Gasteiger partial charge in [0.2, 0.25) is 0 Å². The molecule has 0 aromatic heterocycles. The van der Waals surface area contributed by atoms with Gasteiger partial charge in [-0.2, -0.15) is 0 Å². The van der Waals surface area contributed by atoms with Crippen molar-refractivity contribution in [1.82, 2.24) is 0 Å². The first-order valence-electron chi connectivity index (χ1n) is 5.69. The number of hydrogen-bond donors (Lipinski definition) is 0. The highest BCUT2D eigenvalue weighted by atomic mass is 16.1. The molecule has 0 aromatic carbocycles. The zero-order valence-electron chi connectivity index (χ0n) is 9.14. The van der Waals surface area contributed by atoms with E-state index < -0.39 is 0 Å². The molecule has 0 aliphatic heterocycles. The molecule has 0 N–H and O–H groups in total. The van der Waals surface area contributed by atoms with Gasteiger partial charge in [0.15, 0.2) is 0 Å². The van der Waals surface area contributed by atoms with Crippen LogP contribution in [0.1, 0.15) is 58.3 Å². The van der Waals surface area contributed by atoms with Crippen LogP contribution in [0.3, 0.4) is 0 Å². The third-order valence-corrected chi connectivity index (χ3v) is 3.22. The molecule has 0 spiro atoms. The van der Waals surface area contributed by atoms with Crippen molar-refractivity contribution in [3.8, 4) is 11.8 Å². The quantitative estimate of drug-likeness (QED) is 0.484. The monoisotopic (exact) mass is 192 g/mol. The second kappa shape index (κ2) is 5.86. The molecule has 1 aliphatic carbocycles. The molecule has 78 valence electrons. The van der Waals surface area contributed by atoms with E-state index in [1.54, 1.807) is 0 Å². The molecule has 0 atom stereocenters. The van der Waals surface area contributed by atoms with Crippen LogP contribution in [0.5, 0.6) is 0 Å². The van der Waals surface area contributed by atoms with Gasteiger partial charge < -0.3 is 4.79 Å². The number of aldehydes is 1. The van der Waals surface area contributed by atoms with E-state index in [-0.39, 0.29) is 5.41 Å². The molecule has 1 rings (SSSR count). The summed E-state index contributed by atoms with van der Waals surface area (Å²) in [6, 6.07) is 0. The number of hydrogen-bond acceptors (Lipinski definition) is 1. The lowest BCUT2D eigenvalue weighted by Gasteiger charge is -2.27. The Kier molecular flexibility index (Phi) is 4.73. The van der Waals surface area contributed by atoms with E-state index >= 15 is 0 Å². The summed E-state index contributed by atoms with van der Waals surface area (Å²) in [5.41, 5.74) is -0.108. The Morgan fingerprint density at radius 1 is 1.14 bits per heavy atom. The summed E-state index contributed by atoms with van der Waals surface area (Å²) in [4.78, 5) is 11.2. The van der Waals surface area contributed by atoms with Gasteiger partial charge >= 0.3 is 0 Å². The highest BCUT2D eigenvalue weighted by Crippen LogP contribution is 2.34. The number of carbonyl (C=O) groups is 1. The highest BCUT2D eigenvalue weighted by Gasteiger charge is 2.28. The maximum atomic E-state index is 11.2. The summed E-state index contributed by atoms with van der Waals surface area (Å²) in [5, 5.41) is 0. The number of carbonyl (C=O) groups excluding carboxylic acids is 1. The Morgan fingerprint density at radius 2 is 1.71 bits per heavy atom. The summed E-state index contributed by atoms with van der Waals surface area (Å²) in [6.07, 6.45) is 10.3. The Bertz CT molecular complexity index is 223. The topological polar surface area (TPSA) is 17.1 Å². The average molecular weight is 192 g/mol. The first-order chi connectivity index (χ1) is 6.83. The number of rotatable bonds is 2. The zero-order chi connectivity index (χ0) is 10.3. The van der Waals surface area contributed by atoms with Crippen LogP contribution in [0.2, 0.25) is 0 Å². The zero-order valence-corrected chi connectivity index (χ0v) is 9.14. The van der Waals surface area contributed by atoms with Gasteiger partial charge in [-0.1, -0.05) is 32.1 Å². The van der Waals surface area contributed by atoms with Gasteiger partial charge in [-0.15, -0.1) is 11.8 Å². The van der Waals surface area contributed by atoms with Gasteiger partial charge in [0.25, 0.3) is 0 Å². The predicted octanol–water partition coefficient (Wildman–Crippen LogP) is 3.33. The largest absolute Gasteiger partial charge is 0.303 e. The Balaban J connectivity index is 2.60. The molecule has 1 aliphatic rings. The van der Waals surface area contributed by atoms with Crippen LogP contribution in [0.25, 0.3) is 0 Å². The van der Waals surface area contributed by atoms with E-state index in [0.717, 1.165) is 19.3 Å². The van der Waals surface area contributed by atoms with Crippen molar-refractivity contribution in [2.24, 2.45) is 5.41 Å². The Hall–Kier alpha value is -0.770. The maximum absolute atomic E-state index is 11.2. The minimum absolute atomic E-state index is 0.108. The highest BCUT2D eigenvalue weighted by molar-refractivity contribution is 5.60. The lowest BCUT2D eigenvalue weighted by atomic mass is 9.75. The molecule has 0 heterocycles. The molecular formula is C13H20O. The van der Waals surface area contributed by atoms with E-state index in [1.165, 1.54) is 38.4 Å². The third kappa shape index (κ3) is 3.18. The fraction of sp³-hybridized carbons (Fsp3) is 0.769. The lowest BCUT2D eigenvalue weighted by molar-refractivity contribution is -0.117. The second-order valence-electron chi connectivity index (χ2n) is 4.35. The van der Waals surface area contributed by atoms with E-state index in [1.807, 2.05) is 6.92 Å². The van der Waals surface area contributed by atoms with Gasteiger partial charge in [-0.25, -0.2) is 0 Å². The molecule has 0 radical (unpaired) electrons. The van der Waals surface area contributed by atoms with E-state index in [4.69, 9.17) is 0 Å². The first-order valence-corrected chi connectivity index (χ1v) is 5.69. The molecule has 0 amide bonds. The minimum atomic E-state index is -0.108. The van der Waals surface area contributed by atoms with Crippen molar-refractivity contribution in [1.29, 1.82) is 0 Å². The standard InChI is InChI=1S/C13H20O/c1-2-3-9-13(12-14)10-7-5-4-6-8-11-13/h12H,4-11H2,1H3. The van der Waals surface area contributed by atoms with Crippen LogP contribution < -0.4 is 0 Å². The molecule has 1 nitrogen and oxygen atoms in total. The Morgan fingerprint density at radius 3 is 2.21 bits per heavy atom. The molecule has 0 bridgehead atoms. The van der Waals surface area contributed by atoms with Crippen molar-refractivity contribution in [2.75, 3.05) is 0 Å². The third-order valence-electron chi connectivity index (χ3n) is 3.22. The minimum Gasteiger partial charge on any atom is -0.303 e. The fourth-order valence-electron chi connectivity index (χ4n) is 2.21. The second-order valence-corrected chi connectivity index (χ2v) is 4.35. The van der Waals surface area contributed by atoms with Crippen molar-refractivity contribution in [3.05, 3.63) is 0 Å². The molecule has 1 saturated carbocycles. The van der Waals surface area contributed by atoms with Crippen molar-refractivity contribution >= 4 is 6.29 Å². The van der Waals surface area contributed by atoms with Crippen LogP contribution in [0.4, 0.5) is 0 Å². The fourth-order valence-corrected chi connectivity index (χ4v) is 2.21. The van der Waals surface area contributed by atoms with Crippen LogP contribution in [0.15, 0.2) is 0 Å². The molecule has 1 fully saturated rings. The lowest BCUT2D eigenvalue weighted by Crippen LogP contribution is -2.23. The summed E-state index contributed by atoms with van der Waals surface area (Å²) in [6.45, 7) is 1.85. The van der Waals surface area contributed by atoms with Crippen LogP contribution in [0, 0.1) is 17.3 Å². The van der Waals surface area contributed by atoms with Crippen LogP contribution in [-0.4, -0.2) is 6.29 Å². The van der Waals surface area contributed by atoms with Crippen molar-refractivity contribution < 1.29 is 4.79 Å². The maximum Gasteiger partial charge on any atom is 0.127 e. The molecule has 1 heteroatoms. The molecule has 0 aromatic rings. The summed E-state index contributed by atoms with van der Waals surface area (Å²) < 4.78 is 0. The SMILES string of the molecule is CC#CCC1(C=O)CCCCCCC1. The molecule has 0 saturated heterocycles. The summed E-state index contributed by atoms with van der Waals surface area (Å²) in [7, 11) is 0. The van der Waals surface area contributed by atoms with Crippen LogP contribution in [-0.2, 0) is 4.79 Å². The van der Waals surface area contributed by atoms with Gasteiger partial charge in [-0.3, -0.25) is 0 Å². The first kappa shape index (κ1) is 11.3. The van der Waals surface area contributed by atoms with Gasteiger partial charge in [0.05, 0.1) is 0 Å². The average Bonchev–Trinajstić information content (AvgIpc) is 2.18. The summed E-state index contributed by atoms with van der Waals surface area (Å²) >= 11 is 0. The van der Waals surface area contributed by atoms with Gasteiger partial charge in [0.1, 0.15) is 6.29 Å². The van der Waals surface area contributed by atoms with Gasteiger partial charge in [0, 0.05) is 11.8 Å². The van der Waals surface area contributed by atoms with Gasteiger partial charge in [-0.05, 0) is 19.8 Å². The smallest absolute Gasteiger partial charge is 0.127 e. The van der Waals surface area contributed by atoms with E-state index in [9.17, 15) is 4.79 Å². The van der Waals surface area contributed by atoms with E-state index in [0.29, 0.717) is 0 Å². The molecule has 0 unspecified atom stereocenters. The Labute approximate surface area is 87.3 Å². The normalized spacial score (nSPS) is 21.2. The van der Waals surface area contributed by atoms with Crippen molar-refractivity contribution in [3.63, 3.8) is 0 Å². The molecular weight excluding hydrogens is 172 g/mol. The summed E-state index contributed by atoms with van der Waals surface area (Å²) in [5.74, 6) is 5.98.